The summed E-state index contributed by atoms with van der Waals surface area (Å²) >= 11 is 3.64. The van der Waals surface area contributed by atoms with Crippen molar-refractivity contribution in [1.82, 2.24) is 4.98 Å². The third-order valence-electron chi connectivity index (χ3n) is 2.85. The van der Waals surface area contributed by atoms with Crippen molar-refractivity contribution in [3.63, 3.8) is 0 Å². The zero-order chi connectivity index (χ0) is 12.5. The molecule has 0 spiro atoms. The lowest BCUT2D eigenvalue weighted by Gasteiger charge is -2.15. The number of hydrogen-bond donors (Lipinski definition) is 0. The first-order valence-electron chi connectivity index (χ1n) is 6.00. The van der Waals surface area contributed by atoms with E-state index in [4.69, 9.17) is 4.98 Å². The van der Waals surface area contributed by atoms with E-state index in [1.165, 1.54) is 17.1 Å². The normalized spacial score (nSPS) is 12.0. The van der Waals surface area contributed by atoms with Gasteiger partial charge in [-0.1, -0.05) is 59.8 Å². The largest absolute Gasteiger partial charge is 0.253 e. The highest BCUT2D eigenvalue weighted by Gasteiger charge is 2.13. The number of aryl methyl sites for hydroxylation is 1. The van der Waals surface area contributed by atoms with Gasteiger partial charge in [-0.25, -0.2) is 0 Å². The van der Waals surface area contributed by atoms with E-state index >= 15 is 0 Å². The molecule has 0 saturated carbocycles. The minimum absolute atomic E-state index is 0.980. The van der Waals surface area contributed by atoms with Crippen LogP contribution in [0.4, 0.5) is 0 Å². The Kier molecular flexibility index (Phi) is 3.69. The van der Waals surface area contributed by atoms with Crippen molar-refractivity contribution in [1.29, 1.82) is 0 Å². The zero-order valence-electron chi connectivity index (χ0n) is 10.6. The van der Waals surface area contributed by atoms with E-state index in [-0.39, 0.29) is 0 Å². The van der Waals surface area contributed by atoms with E-state index < -0.39 is 8.07 Å². The van der Waals surface area contributed by atoms with Crippen molar-refractivity contribution in [2.24, 2.45) is 0 Å². The predicted molar refractivity (Wildman–Crippen MR) is 81.3 cm³/mol. The fourth-order valence-electron chi connectivity index (χ4n) is 1.82. The van der Waals surface area contributed by atoms with Gasteiger partial charge in [0.05, 0.1) is 5.52 Å². The molecule has 90 valence electrons. The first-order chi connectivity index (χ1) is 7.96. The van der Waals surface area contributed by atoms with Gasteiger partial charge in [-0.2, -0.15) is 0 Å². The average molecular weight is 308 g/mol. The highest BCUT2D eigenvalue weighted by molar-refractivity contribution is 9.10. The quantitative estimate of drug-likeness (QED) is 0.737. The molecule has 1 aromatic carbocycles. The summed E-state index contributed by atoms with van der Waals surface area (Å²) in [6.07, 6.45) is 1.10. The topological polar surface area (TPSA) is 12.9 Å². The van der Waals surface area contributed by atoms with Crippen LogP contribution in [0.1, 0.15) is 5.69 Å². The summed E-state index contributed by atoms with van der Waals surface area (Å²) < 4.78 is 1.16. The Morgan fingerprint density at radius 3 is 2.59 bits per heavy atom. The van der Waals surface area contributed by atoms with Gasteiger partial charge in [-0.3, -0.25) is 4.98 Å². The number of benzene rings is 1. The van der Waals surface area contributed by atoms with Gasteiger partial charge in [0.2, 0.25) is 0 Å². The first kappa shape index (κ1) is 12.8. The average Bonchev–Trinajstić information content (AvgIpc) is 2.26. The third-order valence-corrected chi connectivity index (χ3v) is 5.26. The summed E-state index contributed by atoms with van der Waals surface area (Å²) in [5, 5.41) is 1.20. The van der Waals surface area contributed by atoms with Crippen LogP contribution in [0.2, 0.25) is 25.7 Å². The molecule has 0 amide bonds. The second kappa shape index (κ2) is 4.90. The van der Waals surface area contributed by atoms with Crippen LogP contribution in [0.5, 0.6) is 0 Å². The zero-order valence-corrected chi connectivity index (χ0v) is 13.2. The number of hydrogen-bond acceptors (Lipinski definition) is 1. The summed E-state index contributed by atoms with van der Waals surface area (Å²) in [7, 11) is -0.980. The Morgan fingerprint density at radius 1 is 1.18 bits per heavy atom. The van der Waals surface area contributed by atoms with E-state index in [9.17, 15) is 0 Å². The molecule has 1 heterocycles. The van der Waals surface area contributed by atoms with E-state index in [0.29, 0.717) is 0 Å². The lowest BCUT2D eigenvalue weighted by molar-refractivity contribution is 1.02. The summed E-state index contributed by atoms with van der Waals surface area (Å²) in [6.45, 7) is 7.22. The number of rotatable bonds is 3. The Bertz CT molecular complexity index is 531. The number of halogens is 1. The maximum absolute atomic E-state index is 4.73. The number of nitrogens with zero attached hydrogens (tertiary/aromatic N) is 1. The van der Waals surface area contributed by atoms with E-state index in [2.05, 4.69) is 59.8 Å². The predicted octanol–water partition coefficient (Wildman–Crippen LogP) is 4.88. The van der Waals surface area contributed by atoms with Crippen molar-refractivity contribution in [3.8, 4) is 0 Å². The monoisotopic (exact) mass is 307 g/mol. The van der Waals surface area contributed by atoms with Crippen molar-refractivity contribution >= 4 is 34.9 Å². The molecule has 2 aromatic rings. The fourth-order valence-corrected chi connectivity index (χ4v) is 3.42. The van der Waals surface area contributed by atoms with Crippen molar-refractivity contribution < 1.29 is 0 Å². The molecule has 0 fully saturated rings. The number of fused-ring (bicyclic) bond motifs is 1. The molecule has 17 heavy (non-hydrogen) atoms. The minimum atomic E-state index is -0.980. The van der Waals surface area contributed by atoms with Crippen LogP contribution < -0.4 is 0 Å². The summed E-state index contributed by atoms with van der Waals surface area (Å²) in [6, 6.07) is 11.8. The van der Waals surface area contributed by atoms with Gasteiger partial charge < -0.3 is 0 Å². The summed E-state index contributed by atoms with van der Waals surface area (Å²) in [4.78, 5) is 4.73. The van der Waals surface area contributed by atoms with Gasteiger partial charge in [0, 0.05) is 23.6 Å². The molecule has 0 atom stereocenters. The smallest absolute Gasteiger partial charge is 0.0716 e. The Labute approximate surface area is 112 Å². The molecule has 2 rings (SSSR count). The molecular formula is C14H18BrNSi. The first-order valence-corrected chi connectivity index (χ1v) is 10.5. The molecule has 0 radical (unpaired) electrons. The summed E-state index contributed by atoms with van der Waals surface area (Å²) in [5.41, 5.74) is 2.30. The highest BCUT2D eigenvalue weighted by Crippen LogP contribution is 2.24. The molecule has 0 N–H and O–H groups in total. The van der Waals surface area contributed by atoms with Crippen LogP contribution in [0.15, 0.2) is 34.8 Å². The molecule has 0 aliphatic rings. The van der Waals surface area contributed by atoms with Crippen molar-refractivity contribution in [3.05, 3.63) is 40.5 Å². The maximum Gasteiger partial charge on any atom is 0.0716 e. The van der Waals surface area contributed by atoms with Crippen LogP contribution in [-0.4, -0.2) is 13.1 Å². The molecule has 0 unspecified atom stereocenters. The molecule has 3 heteroatoms. The Balaban J connectivity index is 2.31. The molecule has 1 aromatic heterocycles. The van der Waals surface area contributed by atoms with Crippen LogP contribution in [0.3, 0.4) is 0 Å². The molecular weight excluding hydrogens is 290 g/mol. The van der Waals surface area contributed by atoms with Gasteiger partial charge >= 0.3 is 0 Å². The SMILES string of the molecule is C[Si](C)(C)CCc1cc(Br)c2ccccc2n1. The van der Waals surface area contributed by atoms with Crippen LogP contribution >= 0.6 is 15.9 Å². The number of para-hydroxylation sites is 1. The van der Waals surface area contributed by atoms with E-state index in [0.717, 1.165) is 16.4 Å². The molecule has 0 aliphatic heterocycles. The Morgan fingerprint density at radius 2 is 1.88 bits per heavy atom. The van der Waals surface area contributed by atoms with Gasteiger partial charge in [-0.05, 0) is 18.6 Å². The highest BCUT2D eigenvalue weighted by atomic mass is 79.9. The lowest BCUT2D eigenvalue weighted by Crippen LogP contribution is -2.20. The molecule has 0 aliphatic carbocycles. The van der Waals surface area contributed by atoms with E-state index in [1.54, 1.807) is 0 Å². The van der Waals surface area contributed by atoms with Gasteiger partial charge in [-0.15, -0.1) is 0 Å². The molecule has 0 saturated heterocycles. The molecule has 0 bridgehead atoms. The number of pyridine rings is 1. The second-order valence-electron chi connectivity index (χ2n) is 5.67. The van der Waals surface area contributed by atoms with Crippen molar-refractivity contribution in [2.45, 2.75) is 32.1 Å². The van der Waals surface area contributed by atoms with Crippen LogP contribution in [0.25, 0.3) is 10.9 Å². The number of aromatic nitrogens is 1. The van der Waals surface area contributed by atoms with Crippen LogP contribution in [-0.2, 0) is 6.42 Å². The minimum Gasteiger partial charge on any atom is -0.253 e. The van der Waals surface area contributed by atoms with E-state index in [1.807, 2.05) is 6.07 Å². The standard InChI is InChI=1S/C14H18BrNSi/c1-17(2,3)9-8-11-10-13(15)12-6-4-5-7-14(12)16-11/h4-7,10H,8-9H2,1-3H3. The molecule has 1 nitrogen and oxygen atoms in total. The van der Waals surface area contributed by atoms with Crippen LogP contribution in [0, 0.1) is 0 Å². The Hall–Kier alpha value is -0.673. The second-order valence-corrected chi connectivity index (χ2v) is 12.1. The van der Waals surface area contributed by atoms with Crippen molar-refractivity contribution in [2.75, 3.05) is 0 Å². The third kappa shape index (κ3) is 3.39. The fraction of sp³-hybridized carbons (Fsp3) is 0.357. The lowest BCUT2D eigenvalue weighted by atomic mass is 10.2. The van der Waals surface area contributed by atoms with Gasteiger partial charge in [0.1, 0.15) is 0 Å². The van der Waals surface area contributed by atoms with Gasteiger partial charge in [0.25, 0.3) is 0 Å². The summed E-state index contributed by atoms with van der Waals surface area (Å²) in [5.74, 6) is 0. The maximum atomic E-state index is 4.73. The van der Waals surface area contributed by atoms with Gasteiger partial charge in [0.15, 0.2) is 0 Å².